The van der Waals surface area contributed by atoms with Crippen LogP contribution in [0.5, 0.6) is 0 Å². The second-order valence-electron chi connectivity index (χ2n) is 3.95. The first-order valence-electron chi connectivity index (χ1n) is 5.52. The SMILES string of the molecule is O=C(O)c1cccc(S(=O)Cc2ccc(Cl)cc2)c1. The number of benzene rings is 2. The fourth-order valence-corrected chi connectivity index (χ4v) is 2.86. The van der Waals surface area contributed by atoms with Gasteiger partial charge < -0.3 is 5.11 Å². The Kier molecular flexibility index (Phi) is 4.35. The average Bonchev–Trinajstić information content (AvgIpc) is 2.41. The molecule has 0 amide bonds. The second kappa shape index (κ2) is 5.99. The summed E-state index contributed by atoms with van der Waals surface area (Å²) in [6.07, 6.45) is 0. The van der Waals surface area contributed by atoms with Crippen LogP contribution in [0.1, 0.15) is 15.9 Å². The minimum Gasteiger partial charge on any atom is -0.478 e. The van der Waals surface area contributed by atoms with Gasteiger partial charge in [0.1, 0.15) is 0 Å². The normalized spacial score (nSPS) is 12.1. The van der Waals surface area contributed by atoms with Crippen molar-refractivity contribution < 1.29 is 14.1 Å². The molecule has 0 radical (unpaired) electrons. The predicted molar refractivity (Wildman–Crippen MR) is 75.0 cm³/mol. The topological polar surface area (TPSA) is 54.4 Å². The van der Waals surface area contributed by atoms with Crippen molar-refractivity contribution in [2.75, 3.05) is 0 Å². The molecule has 1 unspecified atom stereocenters. The van der Waals surface area contributed by atoms with Crippen LogP contribution in [-0.4, -0.2) is 15.3 Å². The third kappa shape index (κ3) is 3.66. The van der Waals surface area contributed by atoms with Crippen molar-refractivity contribution in [1.82, 2.24) is 0 Å². The molecule has 0 heterocycles. The standard InChI is InChI=1S/C14H11ClO3S/c15-12-6-4-10(5-7-12)9-19(18)13-3-1-2-11(8-13)14(16)17/h1-8H,9H2,(H,16,17). The van der Waals surface area contributed by atoms with Crippen molar-refractivity contribution in [3.63, 3.8) is 0 Å². The molecule has 5 heteroatoms. The number of hydrogen-bond donors (Lipinski definition) is 1. The Morgan fingerprint density at radius 1 is 1.16 bits per heavy atom. The third-order valence-electron chi connectivity index (χ3n) is 2.55. The quantitative estimate of drug-likeness (QED) is 0.941. The van der Waals surface area contributed by atoms with Crippen LogP contribution in [0.25, 0.3) is 0 Å². The zero-order chi connectivity index (χ0) is 13.8. The molecule has 0 aliphatic heterocycles. The summed E-state index contributed by atoms with van der Waals surface area (Å²) in [6, 6.07) is 13.3. The van der Waals surface area contributed by atoms with Crippen LogP contribution in [0, 0.1) is 0 Å². The Hall–Kier alpha value is -1.65. The maximum atomic E-state index is 12.2. The molecule has 0 bridgehead atoms. The molecular formula is C14H11ClO3S. The first-order valence-corrected chi connectivity index (χ1v) is 7.22. The number of hydrogen-bond acceptors (Lipinski definition) is 2. The van der Waals surface area contributed by atoms with Gasteiger partial charge in [0, 0.05) is 9.92 Å². The van der Waals surface area contributed by atoms with Gasteiger partial charge in [0.15, 0.2) is 0 Å². The minimum atomic E-state index is -1.27. The van der Waals surface area contributed by atoms with E-state index in [-0.39, 0.29) is 5.56 Å². The number of aromatic carboxylic acids is 1. The Morgan fingerprint density at radius 3 is 2.47 bits per heavy atom. The molecule has 1 N–H and O–H groups in total. The fraction of sp³-hybridized carbons (Fsp3) is 0.0714. The zero-order valence-corrected chi connectivity index (χ0v) is 11.4. The molecule has 2 rings (SSSR count). The van der Waals surface area contributed by atoms with Gasteiger partial charge in [-0.1, -0.05) is 29.8 Å². The van der Waals surface area contributed by atoms with E-state index in [4.69, 9.17) is 16.7 Å². The van der Waals surface area contributed by atoms with Gasteiger partial charge in [0.25, 0.3) is 0 Å². The lowest BCUT2D eigenvalue weighted by Gasteiger charge is -2.04. The van der Waals surface area contributed by atoms with Crippen LogP contribution in [0.3, 0.4) is 0 Å². The Balaban J connectivity index is 2.18. The van der Waals surface area contributed by atoms with Gasteiger partial charge in [-0.3, -0.25) is 4.21 Å². The fourth-order valence-electron chi connectivity index (χ4n) is 1.59. The predicted octanol–water partition coefficient (Wildman–Crippen LogP) is 3.35. The van der Waals surface area contributed by atoms with E-state index in [9.17, 15) is 9.00 Å². The monoisotopic (exact) mass is 294 g/mol. The summed E-state index contributed by atoms with van der Waals surface area (Å²) in [5, 5.41) is 9.52. The van der Waals surface area contributed by atoms with E-state index in [1.165, 1.54) is 12.1 Å². The summed E-state index contributed by atoms with van der Waals surface area (Å²) in [7, 11) is -1.27. The summed E-state index contributed by atoms with van der Waals surface area (Å²) in [4.78, 5) is 11.4. The van der Waals surface area contributed by atoms with Gasteiger partial charge in [0.05, 0.1) is 22.1 Å². The third-order valence-corrected chi connectivity index (χ3v) is 4.18. The number of rotatable bonds is 4. The Bertz CT molecular complexity index is 623. The summed E-state index contributed by atoms with van der Waals surface area (Å²) >= 11 is 5.78. The van der Waals surface area contributed by atoms with E-state index in [1.54, 1.807) is 36.4 Å². The molecule has 0 aromatic heterocycles. The van der Waals surface area contributed by atoms with Gasteiger partial charge >= 0.3 is 5.97 Å². The number of carboxylic acids is 1. The maximum Gasteiger partial charge on any atom is 0.335 e. The highest BCUT2D eigenvalue weighted by Gasteiger charge is 2.09. The van der Waals surface area contributed by atoms with E-state index < -0.39 is 16.8 Å². The van der Waals surface area contributed by atoms with E-state index in [0.717, 1.165) is 5.56 Å². The summed E-state index contributed by atoms with van der Waals surface area (Å²) in [5.74, 6) is -0.689. The minimum absolute atomic E-state index is 0.141. The second-order valence-corrected chi connectivity index (χ2v) is 5.84. The van der Waals surface area contributed by atoms with E-state index >= 15 is 0 Å². The smallest absolute Gasteiger partial charge is 0.335 e. The van der Waals surface area contributed by atoms with Crippen LogP contribution in [0.4, 0.5) is 0 Å². The highest BCUT2D eigenvalue weighted by molar-refractivity contribution is 7.84. The lowest BCUT2D eigenvalue weighted by Crippen LogP contribution is -2.00. The van der Waals surface area contributed by atoms with Gasteiger partial charge in [-0.25, -0.2) is 4.79 Å². The van der Waals surface area contributed by atoms with Crippen molar-refractivity contribution in [3.05, 3.63) is 64.7 Å². The lowest BCUT2D eigenvalue weighted by atomic mass is 10.2. The molecule has 2 aromatic carbocycles. The van der Waals surface area contributed by atoms with Crippen molar-refractivity contribution >= 4 is 28.4 Å². The molecular weight excluding hydrogens is 284 g/mol. The van der Waals surface area contributed by atoms with Gasteiger partial charge in [-0.05, 0) is 35.9 Å². The average molecular weight is 295 g/mol. The molecule has 0 saturated heterocycles. The first-order chi connectivity index (χ1) is 9.06. The summed E-state index contributed by atoms with van der Waals surface area (Å²) in [5.41, 5.74) is 1.03. The highest BCUT2D eigenvalue weighted by atomic mass is 35.5. The molecule has 2 aromatic rings. The molecule has 0 fully saturated rings. The zero-order valence-electron chi connectivity index (χ0n) is 9.88. The van der Waals surface area contributed by atoms with Crippen LogP contribution in [0.2, 0.25) is 5.02 Å². The number of halogens is 1. The van der Waals surface area contributed by atoms with Crippen molar-refractivity contribution in [1.29, 1.82) is 0 Å². The largest absolute Gasteiger partial charge is 0.478 e. The molecule has 98 valence electrons. The first kappa shape index (κ1) is 13.8. The van der Waals surface area contributed by atoms with Crippen LogP contribution < -0.4 is 0 Å². The lowest BCUT2D eigenvalue weighted by molar-refractivity contribution is 0.0696. The van der Waals surface area contributed by atoms with E-state index in [2.05, 4.69) is 0 Å². The van der Waals surface area contributed by atoms with Crippen LogP contribution >= 0.6 is 11.6 Å². The Morgan fingerprint density at radius 2 is 1.84 bits per heavy atom. The molecule has 3 nitrogen and oxygen atoms in total. The highest BCUT2D eigenvalue weighted by Crippen LogP contribution is 2.16. The summed E-state index contributed by atoms with van der Waals surface area (Å²) < 4.78 is 12.2. The van der Waals surface area contributed by atoms with Gasteiger partial charge in [0.2, 0.25) is 0 Å². The maximum absolute atomic E-state index is 12.2. The molecule has 0 saturated carbocycles. The molecule has 19 heavy (non-hydrogen) atoms. The number of carbonyl (C=O) groups is 1. The summed E-state index contributed by atoms with van der Waals surface area (Å²) in [6.45, 7) is 0. The Labute approximate surface area is 118 Å². The van der Waals surface area contributed by atoms with Gasteiger partial charge in [-0.2, -0.15) is 0 Å². The van der Waals surface area contributed by atoms with Crippen LogP contribution in [-0.2, 0) is 16.6 Å². The number of carboxylic acid groups (broad SMARTS) is 1. The van der Waals surface area contributed by atoms with Crippen molar-refractivity contribution in [2.24, 2.45) is 0 Å². The molecule has 0 aliphatic rings. The molecule has 0 spiro atoms. The van der Waals surface area contributed by atoms with E-state index in [0.29, 0.717) is 15.7 Å². The van der Waals surface area contributed by atoms with Crippen molar-refractivity contribution in [3.8, 4) is 0 Å². The molecule has 0 aliphatic carbocycles. The van der Waals surface area contributed by atoms with Crippen LogP contribution in [0.15, 0.2) is 53.4 Å². The van der Waals surface area contributed by atoms with E-state index in [1.807, 2.05) is 0 Å². The van der Waals surface area contributed by atoms with Crippen molar-refractivity contribution in [2.45, 2.75) is 10.6 Å². The van der Waals surface area contributed by atoms with Gasteiger partial charge in [-0.15, -0.1) is 0 Å². The molecule has 1 atom stereocenters.